The molecular weight excluding hydrogens is 192 g/mol. The number of hydrogen-bond donors (Lipinski definition) is 0. The number of carbonyl (C=O) groups excluding carboxylic acids is 1. The lowest BCUT2D eigenvalue weighted by Crippen LogP contribution is -1.97. The third-order valence-corrected chi connectivity index (χ3v) is 1.64. The Kier molecular flexibility index (Phi) is 3.58. The van der Waals surface area contributed by atoms with Crippen molar-refractivity contribution in [1.29, 1.82) is 0 Å². The number of halogens is 1. The predicted molar refractivity (Wildman–Crippen MR) is 49.0 cm³/mol. The molecule has 0 N–H and O–H groups in total. The Bertz CT molecular complexity index is 299. The van der Waals surface area contributed by atoms with Crippen LogP contribution in [0.15, 0.2) is 24.3 Å². The van der Waals surface area contributed by atoms with Crippen molar-refractivity contribution in [2.75, 3.05) is 7.11 Å². The number of hydrogen-bond acceptors (Lipinski definition) is 3. The van der Waals surface area contributed by atoms with Gasteiger partial charge in [0.05, 0.1) is 7.11 Å². The molecule has 1 aromatic carbocycles. The molecule has 1 aromatic rings. The molecule has 0 aliphatic rings. The first-order valence-corrected chi connectivity index (χ1v) is 4.06. The van der Waals surface area contributed by atoms with E-state index >= 15 is 0 Å². The van der Waals surface area contributed by atoms with Crippen molar-refractivity contribution in [1.82, 2.24) is 0 Å². The monoisotopic (exact) mass is 200 g/mol. The summed E-state index contributed by atoms with van der Waals surface area (Å²) in [6, 6.07) is 7.26. The summed E-state index contributed by atoms with van der Waals surface area (Å²) in [6.07, 6.45) is 0. The number of benzene rings is 1. The Morgan fingerprint density at radius 3 is 2.77 bits per heavy atom. The number of rotatable bonds is 3. The highest BCUT2D eigenvalue weighted by Crippen LogP contribution is 2.18. The van der Waals surface area contributed by atoms with E-state index in [1.165, 1.54) is 0 Å². The van der Waals surface area contributed by atoms with Crippen LogP contribution in [0.3, 0.4) is 0 Å². The van der Waals surface area contributed by atoms with Crippen LogP contribution in [0.25, 0.3) is 0 Å². The first kappa shape index (κ1) is 9.86. The summed E-state index contributed by atoms with van der Waals surface area (Å²) < 4.78 is 9.66. The van der Waals surface area contributed by atoms with Crippen molar-refractivity contribution in [2.45, 2.75) is 6.61 Å². The second-order valence-electron chi connectivity index (χ2n) is 2.34. The number of para-hydroxylation sites is 1. The third-order valence-electron chi connectivity index (χ3n) is 1.53. The van der Waals surface area contributed by atoms with Crippen LogP contribution in [-0.2, 0) is 11.3 Å². The molecule has 0 atom stereocenters. The molecule has 0 aromatic heterocycles. The molecule has 3 nitrogen and oxygen atoms in total. The highest BCUT2D eigenvalue weighted by atomic mass is 35.5. The van der Waals surface area contributed by atoms with Crippen molar-refractivity contribution in [2.24, 2.45) is 0 Å². The van der Waals surface area contributed by atoms with Gasteiger partial charge in [0.2, 0.25) is 0 Å². The molecule has 0 heterocycles. The normalized spacial score (nSPS) is 9.38. The lowest BCUT2D eigenvalue weighted by molar-refractivity contribution is 0.166. The van der Waals surface area contributed by atoms with Crippen LogP contribution in [0.4, 0.5) is 4.79 Å². The molecule has 0 radical (unpaired) electrons. The number of carbonyl (C=O) groups is 1. The molecule has 1 rings (SSSR count). The second-order valence-corrected chi connectivity index (χ2v) is 2.65. The maximum Gasteiger partial charge on any atom is 0.404 e. The van der Waals surface area contributed by atoms with Gasteiger partial charge in [-0.3, -0.25) is 0 Å². The molecule has 4 heteroatoms. The largest absolute Gasteiger partial charge is 0.496 e. The summed E-state index contributed by atoms with van der Waals surface area (Å²) in [7, 11) is 1.56. The van der Waals surface area contributed by atoms with Crippen molar-refractivity contribution in [3.63, 3.8) is 0 Å². The Hall–Kier alpha value is -1.22. The Morgan fingerprint density at radius 1 is 1.46 bits per heavy atom. The highest BCUT2D eigenvalue weighted by Gasteiger charge is 2.03. The molecule has 13 heavy (non-hydrogen) atoms. The topological polar surface area (TPSA) is 35.5 Å². The summed E-state index contributed by atoms with van der Waals surface area (Å²) in [6.45, 7) is 0.131. The molecule has 0 saturated heterocycles. The third kappa shape index (κ3) is 2.95. The fraction of sp³-hybridized carbons (Fsp3) is 0.222. The van der Waals surface area contributed by atoms with Gasteiger partial charge in [0.15, 0.2) is 0 Å². The second kappa shape index (κ2) is 4.72. The molecule has 0 unspecified atom stereocenters. The van der Waals surface area contributed by atoms with Crippen molar-refractivity contribution < 1.29 is 14.3 Å². The van der Waals surface area contributed by atoms with Gasteiger partial charge in [0, 0.05) is 17.2 Å². The maximum atomic E-state index is 10.3. The minimum Gasteiger partial charge on any atom is -0.496 e. The number of ether oxygens (including phenoxy) is 2. The summed E-state index contributed by atoms with van der Waals surface area (Å²) in [4.78, 5) is 10.3. The predicted octanol–water partition coefficient (Wildman–Crippen LogP) is 2.57. The summed E-state index contributed by atoms with van der Waals surface area (Å²) in [5.74, 6) is 0.681. The minimum absolute atomic E-state index is 0.131. The Labute approximate surface area is 81.2 Å². The van der Waals surface area contributed by atoms with Gasteiger partial charge in [0.1, 0.15) is 12.4 Å². The molecule has 0 aliphatic carbocycles. The van der Waals surface area contributed by atoms with Crippen LogP contribution in [0.5, 0.6) is 5.75 Å². The highest BCUT2D eigenvalue weighted by molar-refractivity contribution is 6.61. The van der Waals surface area contributed by atoms with Crippen LogP contribution in [-0.4, -0.2) is 12.5 Å². The van der Waals surface area contributed by atoms with Crippen LogP contribution >= 0.6 is 11.6 Å². The van der Waals surface area contributed by atoms with Crippen molar-refractivity contribution in [3.05, 3.63) is 29.8 Å². The lowest BCUT2D eigenvalue weighted by Gasteiger charge is -2.06. The minimum atomic E-state index is -0.814. The molecular formula is C9H9ClO3. The van der Waals surface area contributed by atoms with E-state index in [0.29, 0.717) is 5.75 Å². The average Bonchev–Trinajstić information content (AvgIpc) is 2.15. The van der Waals surface area contributed by atoms with E-state index in [1.807, 2.05) is 12.1 Å². The smallest absolute Gasteiger partial charge is 0.404 e. The molecule has 0 amide bonds. The summed E-state index contributed by atoms with van der Waals surface area (Å²) in [5, 5.41) is 0. The van der Waals surface area contributed by atoms with Crippen LogP contribution in [0.1, 0.15) is 5.56 Å². The van der Waals surface area contributed by atoms with E-state index < -0.39 is 5.43 Å². The molecule has 0 saturated carbocycles. The van der Waals surface area contributed by atoms with E-state index in [9.17, 15) is 4.79 Å². The molecule has 0 aliphatic heterocycles. The van der Waals surface area contributed by atoms with Gasteiger partial charge in [-0.15, -0.1) is 0 Å². The van der Waals surface area contributed by atoms with E-state index in [2.05, 4.69) is 4.74 Å². The van der Waals surface area contributed by atoms with Crippen molar-refractivity contribution in [3.8, 4) is 5.75 Å². The van der Waals surface area contributed by atoms with E-state index in [0.717, 1.165) is 5.56 Å². The van der Waals surface area contributed by atoms with Gasteiger partial charge < -0.3 is 9.47 Å². The zero-order valence-corrected chi connectivity index (χ0v) is 7.88. The first-order chi connectivity index (χ1) is 6.24. The van der Waals surface area contributed by atoms with Gasteiger partial charge in [-0.1, -0.05) is 18.2 Å². The average molecular weight is 201 g/mol. The quantitative estimate of drug-likeness (QED) is 0.704. The Balaban J connectivity index is 2.69. The van der Waals surface area contributed by atoms with Gasteiger partial charge in [-0.2, -0.15) is 0 Å². The lowest BCUT2D eigenvalue weighted by atomic mass is 10.2. The summed E-state index contributed by atoms with van der Waals surface area (Å²) in [5.41, 5.74) is -0.0232. The van der Waals surface area contributed by atoms with Gasteiger partial charge in [-0.05, 0) is 6.07 Å². The van der Waals surface area contributed by atoms with Gasteiger partial charge in [-0.25, -0.2) is 4.79 Å². The Morgan fingerprint density at radius 2 is 2.15 bits per heavy atom. The summed E-state index contributed by atoms with van der Waals surface area (Å²) >= 11 is 5.02. The fourth-order valence-corrected chi connectivity index (χ4v) is 1.01. The standard InChI is InChI=1S/C9H9ClO3/c1-12-8-5-3-2-4-7(8)6-13-9(10)11/h2-5H,6H2,1H3. The molecule has 0 spiro atoms. The molecule has 0 bridgehead atoms. The van der Waals surface area contributed by atoms with Gasteiger partial charge in [0.25, 0.3) is 0 Å². The fourth-order valence-electron chi connectivity index (χ4n) is 0.957. The van der Waals surface area contributed by atoms with Crippen LogP contribution in [0, 0.1) is 0 Å². The van der Waals surface area contributed by atoms with E-state index in [1.54, 1.807) is 19.2 Å². The van der Waals surface area contributed by atoms with Crippen molar-refractivity contribution >= 4 is 17.0 Å². The maximum absolute atomic E-state index is 10.3. The van der Waals surface area contributed by atoms with Crippen LogP contribution < -0.4 is 4.74 Å². The zero-order chi connectivity index (χ0) is 9.68. The number of methoxy groups -OCH3 is 1. The zero-order valence-electron chi connectivity index (χ0n) is 7.12. The molecule has 70 valence electrons. The first-order valence-electron chi connectivity index (χ1n) is 3.68. The SMILES string of the molecule is COc1ccccc1COC(=O)Cl. The van der Waals surface area contributed by atoms with Crippen LogP contribution in [0.2, 0.25) is 0 Å². The van der Waals surface area contributed by atoms with E-state index in [4.69, 9.17) is 16.3 Å². The van der Waals surface area contributed by atoms with Gasteiger partial charge >= 0.3 is 5.43 Å². The molecule has 0 fully saturated rings. The van der Waals surface area contributed by atoms with E-state index in [-0.39, 0.29) is 6.61 Å².